The van der Waals surface area contributed by atoms with Gasteiger partial charge in [0.1, 0.15) is 10.4 Å². The molecular formula is C14H13BrF3N5O3S. The van der Waals surface area contributed by atoms with Gasteiger partial charge < -0.3 is 0 Å². The molecule has 1 aromatic carbocycles. The Hall–Kier alpha value is -1.99. The fraction of sp³-hybridized carbons (Fsp3) is 0.357. The van der Waals surface area contributed by atoms with Crippen LogP contribution in [0.1, 0.15) is 17.8 Å². The number of nitrogens with one attached hydrogen (secondary N) is 1. The van der Waals surface area contributed by atoms with Crippen LogP contribution in [-0.2, 0) is 22.7 Å². The maximum atomic E-state index is 12.9. The summed E-state index contributed by atoms with van der Waals surface area (Å²) in [5.41, 5.74) is -0.296. The van der Waals surface area contributed by atoms with Gasteiger partial charge in [-0.25, -0.2) is 17.8 Å². The van der Waals surface area contributed by atoms with Gasteiger partial charge in [-0.05, 0) is 51.7 Å². The summed E-state index contributed by atoms with van der Waals surface area (Å²) >= 11 is 2.89. The van der Waals surface area contributed by atoms with E-state index in [4.69, 9.17) is 0 Å². The highest BCUT2D eigenvalue weighted by Crippen LogP contribution is 2.35. The molecule has 2 aromatic heterocycles. The van der Waals surface area contributed by atoms with Crippen LogP contribution in [0.3, 0.4) is 0 Å². The Morgan fingerprint density at radius 2 is 2.04 bits per heavy atom. The fourth-order valence-electron chi connectivity index (χ4n) is 2.43. The van der Waals surface area contributed by atoms with E-state index in [9.17, 15) is 21.6 Å². The van der Waals surface area contributed by atoms with E-state index in [1.54, 1.807) is 6.07 Å². The van der Waals surface area contributed by atoms with Gasteiger partial charge in [0.25, 0.3) is 0 Å². The maximum Gasteiger partial charge on any atom is 0.436 e. The lowest BCUT2D eigenvalue weighted by Gasteiger charge is -2.08. The molecule has 0 aliphatic rings. The van der Waals surface area contributed by atoms with Crippen LogP contribution < -0.4 is 4.72 Å². The first-order valence-corrected chi connectivity index (χ1v) is 9.90. The van der Waals surface area contributed by atoms with Crippen molar-refractivity contribution in [3.05, 3.63) is 34.1 Å². The van der Waals surface area contributed by atoms with E-state index >= 15 is 0 Å². The van der Waals surface area contributed by atoms with Gasteiger partial charge in [-0.1, -0.05) is 6.07 Å². The van der Waals surface area contributed by atoms with Gasteiger partial charge in [0, 0.05) is 13.1 Å². The van der Waals surface area contributed by atoms with Crippen molar-refractivity contribution in [3.63, 3.8) is 0 Å². The van der Waals surface area contributed by atoms with E-state index in [0.29, 0.717) is 11.2 Å². The Labute approximate surface area is 159 Å². The first kappa shape index (κ1) is 19.8. The average Bonchev–Trinajstić information content (AvgIpc) is 3.17. The second-order valence-corrected chi connectivity index (χ2v) is 8.14. The van der Waals surface area contributed by atoms with E-state index in [2.05, 4.69) is 40.7 Å². The molecule has 27 heavy (non-hydrogen) atoms. The molecule has 0 aliphatic heterocycles. The lowest BCUT2D eigenvalue weighted by Crippen LogP contribution is -2.26. The number of nitrogens with zero attached hydrogens (tertiary/aromatic N) is 4. The molecule has 3 aromatic rings. The van der Waals surface area contributed by atoms with Gasteiger partial charge in [-0.3, -0.25) is 4.68 Å². The topological polar surface area (TPSA) is 103 Å². The number of halogens is 4. The third-order valence-electron chi connectivity index (χ3n) is 3.78. The van der Waals surface area contributed by atoms with Gasteiger partial charge in [-0.2, -0.15) is 18.3 Å². The molecule has 2 heterocycles. The zero-order chi connectivity index (χ0) is 19.8. The van der Waals surface area contributed by atoms with E-state index in [1.807, 2.05) is 0 Å². The molecule has 0 saturated heterocycles. The lowest BCUT2D eigenvalue weighted by molar-refractivity contribution is -0.142. The van der Waals surface area contributed by atoms with Gasteiger partial charge in [0.15, 0.2) is 11.2 Å². The third kappa shape index (κ3) is 3.99. The minimum Gasteiger partial charge on any atom is -0.268 e. The minimum atomic E-state index is -4.57. The fourth-order valence-corrected chi connectivity index (χ4v) is 4.17. The zero-order valence-electron chi connectivity index (χ0n) is 13.8. The molecule has 0 saturated carbocycles. The Kier molecular flexibility index (Phi) is 5.27. The molecule has 0 spiro atoms. The number of fused-ring (bicyclic) bond motifs is 1. The van der Waals surface area contributed by atoms with Gasteiger partial charge in [-0.15, -0.1) is 0 Å². The summed E-state index contributed by atoms with van der Waals surface area (Å²) in [6.07, 6.45) is -4.33. The predicted octanol–water partition coefficient (Wildman–Crippen LogP) is 2.88. The average molecular weight is 468 g/mol. The van der Waals surface area contributed by atoms with Gasteiger partial charge in [0.2, 0.25) is 10.0 Å². The van der Waals surface area contributed by atoms with Crippen LogP contribution in [0.15, 0.2) is 32.2 Å². The van der Waals surface area contributed by atoms with Crippen molar-refractivity contribution in [3.8, 4) is 0 Å². The number of hydrogen-bond donors (Lipinski definition) is 1. The van der Waals surface area contributed by atoms with Crippen LogP contribution in [0.4, 0.5) is 13.2 Å². The first-order chi connectivity index (χ1) is 12.6. The highest BCUT2D eigenvalue weighted by molar-refractivity contribution is 9.10. The SMILES string of the molecule is Cc1c(Br)c(C(F)(F)F)nn1CCCNS(=O)(=O)c1cccc2nonc12. The number of aryl methyl sites for hydroxylation is 1. The lowest BCUT2D eigenvalue weighted by atomic mass is 10.3. The third-order valence-corrected chi connectivity index (χ3v) is 6.22. The Morgan fingerprint density at radius 1 is 1.30 bits per heavy atom. The van der Waals surface area contributed by atoms with Gasteiger partial charge in [0.05, 0.1) is 10.2 Å². The van der Waals surface area contributed by atoms with Gasteiger partial charge >= 0.3 is 6.18 Å². The summed E-state index contributed by atoms with van der Waals surface area (Å²) in [5, 5.41) is 10.7. The van der Waals surface area contributed by atoms with Crippen molar-refractivity contribution in [2.45, 2.75) is 31.0 Å². The number of rotatable bonds is 6. The number of alkyl halides is 3. The molecule has 0 atom stereocenters. The molecule has 13 heteroatoms. The molecule has 1 N–H and O–H groups in total. The van der Waals surface area contributed by atoms with Crippen molar-refractivity contribution in [2.75, 3.05) is 6.54 Å². The monoisotopic (exact) mass is 467 g/mol. The van der Waals surface area contributed by atoms with E-state index < -0.39 is 21.9 Å². The number of aromatic nitrogens is 4. The van der Waals surface area contributed by atoms with Crippen LogP contribution in [-0.4, -0.2) is 35.1 Å². The second-order valence-electron chi connectivity index (χ2n) is 5.61. The quantitative estimate of drug-likeness (QED) is 0.559. The molecule has 3 rings (SSSR count). The standard InChI is InChI=1S/C14H13BrF3N5O3S/c1-8-11(15)13(14(16,17)18)20-23(8)7-3-6-19-27(24,25)10-5-2-4-9-12(10)22-26-21-9/h2,4-5,19H,3,6-7H2,1H3. The van der Waals surface area contributed by atoms with Crippen molar-refractivity contribution in [2.24, 2.45) is 0 Å². The summed E-state index contributed by atoms with van der Waals surface area (Å²) in [5.74, 6) is 0. The van der Waals surface area contributed by atoms with E-state index in [1.165, 1.54) is 23.7 Å². The molecule has 0 amide bonds. The maximum absolute atomic E-state index is 12.9. The smallest absolute Gasteiger partial charge is 0.268 e. The Morgan fingerprint density at radius 3 is 2.70 bits per heavy atom. The van der Waals surface area contributed by atoms with Crippen LogP contribution in [0.2, 0.25) is 0 Å². The highest BCUT2D eigenvalue weighted by Gasteiger charge is 2.37. The molecule has 0 aliphatic carbocycles. The highest BCUT2D eigenvalue weighted by atomic mass is 79.9. The van der Waals surface area contributed by atoms with Crippen molar-refractivity contribution >= 4 is 37.0 Å². The first-order valence-electron chi connectivity index (χ1n) is 7.62. The normalized spacial score (nSPS) is 12.8. The zero-order valence-corrected chi connectivity index (χ0v) is 16.2. The van der Waals surface area contributed by atoms with Crippen molar-refractivity contribution in [1.82, 2.24) is 24.8 Å². The number of sulfonamides is 1. The summed E-state index contributed by atoms with van der Waals surface area (Å²) < 4.78 is 71.4. The summed E-state index contributed by atoms with van der Waals surface area (Å²) in [6.45, 7) is 1.61. The molecule has 0 unspecified atom stereocenters. The molecule has 0 bridgehead atoms. The molecule has 0 fully saturated rings. The molecule has 146 valence electrons. The van der Waals surface area contributed by atoms with Crippen molar-refractivity contribution in [1.29, 1.82) is 0 Å². The number of benzene rings is 1. The van der Waals surface area contributed by atoms with Crippen LogP contribution >= 0.6 is 15.9 Å². The largest absolute Gasteiger partial charge is 0.436 e. The van der Waals surface area contributed by atoms with E-state index in [0.717, 1.165) is 0 Å². The number of hydrogen-bond acceptors (Lipinski definition) is 6. The molecular weight excluding hydrogens is 455 g/mol. The van der Waals surface area contributed by atoms with E-state index in [-0.39, 0.29) is 34.4 Å². The van der Waals surface area contributed by atoms with Crippen LogP contribution in [0.25, 0.3) is 11.0 Å². The summed E-state index contributed by atoms with van der Waals surface area (Å²) in [7, 11) is -3.88. The minimum absolute atomic E-state index is 0.00225. The Balaban J connectivity index is 1.66. The second kappa shape index (κ2) is 7.20. The Bertz CT molecular complexity index is 1080. The van der Waals surface area contributed by atoms with Crippen LogP contribution in [0, 0.1) is 6.92 Å². The van der Waals surface area contributed by atoms with Crippen LogP contribution in [0.5, 0.6) is 0 Å². The van der Waals surface area contributed by atoms with Crippen molar-refractivity contribution < 1.29 is 26.2 Å². The predicted molar refractivity (Wildman–Crippen MR) is 91.3 cm³/mol. The summed E-state index contributed by atoms with van der Waals surface area (Å²) in [6, 6.07) is 4.42. The summed E-state index contributed by atoms with van der Waals surface area (Å²) in [4.78, 5) is -0.0846. The molecule has 8 nitrogen and oxygen atoms in total. The molecule has 0 radical (unpaired) electrons.